The molecule has 0 amide bonds. The highest BCUT2D eigenvalue weighted by atomic mass is 16.3. The maximum Gasteiger partial charge on any atom is 0.0771 e. The zero-order valence-electron chi connectivity index (χ0n) is 12.2. The molecule has 0 unspecified atom stereocenters. The van der Waals surface area contributed by atoms with Crippen LogP contribution in [0.5, 0.6) is 0 Å². The van der Waals surface area contributed by atoms with Gasteiger partial charge in [0.05, 0.1) is 5.60 Å². The van der Waals surface area contributed by atoms with Crippen LogP contribution in [0.3, 0.4) is 0 Å². The number of hydrogen-bond acceptors (Lipinski definition) is 3. The van der Waals surface area contributed by atoms with Crippen molar-refractivity contribution in [1.29, 1.82) is 0 Å². The van der Waals surface area contributed by atoms with E-state index in [0.29, 0.717) is 5.41 Å². The Kier molecular flexibility index (Phi) is 4.68. The van der Waals surface area contributed by atoms with Crippen LogP contribution >= 0.6 is 0 Å². The van der Waals surface area contributed by atoms with E-state index >= 15 is 0 Å². The molecule has 2 N–H and O–H groups in total. The number of nitrogens with one attached hydrogen (secondary N) is 1. The van der Waals surface area contributed by atoms with Crippen molar-refractivity contribution in [2.45, 2.75) is 57.5 Å². The molecule has 0 bridgehead atoms. The summed E-state index contributed by atoms with van der Waals surface area (Å²) < 4.78 is 0. The van der Waals surface area contributed by atoms with E-state index in [9.17, 15) is 5.11 Å². The van der Waals surface area contributed by atoms with Gasteiger partial charge in [-0.25, -0.2) is 0 Å². The molecule has 1 saturated carbocycles. The van der Waals surface area contributed by atoms with Crippen LogP contribution in [0.1, 0.15) is 51.9 Å². The molecule has 0 aromatic heterocycles. The third kappa shape index (κ3) is 3.94. The van der Waals surface area contributed by atoms with Crippen molar-refractivity contribution in [2.75, 3.05) is 33.2 Å². The lowest BCUT2D eigenvalue weighted by Gasteiger charge is -2.39. The van der Waals surface area contributed by atoms with Gasteiger partial charge in [-0.3, -0.25) is 0 Å². The van der Waals surface area contributed by atoms with Gasteiger partial charge < -0.3 is 15.3 Å². The minimum Gasteiger partial charge on any atom is -0.389 e. The second-order valence-corrected chi connectivity index (χ2v) is 7.00. The van der Waals surface area contributed by atoms with Gasteiger partial charge in [-0.15, -0.1) is 0 Å². The van der Waals surface area contributed by atoms with Gasteiger partial charge in [0.25, 0.3) is 0 Å². The van der Waals surface area contributed by atoms with Crippen LogP contribution in [-0.4, -0.2) is 48.8 Å². The Morgan fingerprint density at radius 1 is 1.00 bits per heavy atom. The molecular formula is C15H30N2O. The average Bonchev–Trinajstić information content (AvgIpc) is 2.34. The summed E-state index contributed by atoms with van der Waals surface area (Å²) in [6, 6.07) is 0. The Balaban J connectivity index is 1.71. The van der Waals surface area contributed by atoms with E-state index in [0.717, 1.165) is 25.9 Å². The van der Waals surface area contributed by atoms with Crippen LogP contribution in [0.15, 0.2) is 0 Å². The van der Waals surface area contributed by atoms with Crippen LogP contribution in [0.4, 0.5) is 0 Å². The quantitative estimate of drug-likeness (QED) is 0.805. The van der Waals surface area contributed by atoms with E-state index < -0.39 is 5.60 Å². The molecule has 0 spiro atoms. The van der Waals surface area contributed by atoms with E-state index in [1.54, 1.807) is 0 Å². The number of hydrogen-bond donors (Lipinski definition) is 2. The van der Waals surface area contributed by atoms with Gasteiger partial charge in [0, 0.05) is 13.1 Å². The zero-order chi connectivity index (χ0) is 13.1. The van der Waals surface area contributed by atoms with Crippen LogP contribution < -0.4 is 5.32 Å². The Morgan fingerprint density at radius 3 is 2.22 bits per heavy atom. The van der Waals surface area contributed by atoms with E-state index in [1.165, 1.54) is 45.2 Å². The highest BCUT2D eigenvalue weighted by Gasteiger charge is 2.32. The maximum atomic E-state index is 10.5. The second kappa shape index (κ2) is 5.89. The van der Waals surface area contributed by atoms with Crippen molar-refractivity contribution in [3.8, 4) is 0 Å². The summed E-state index contributed by atoms with van der Waals surface area (Å²) in [5.41, 5.74) is 0.0115. The fourth-order valence-electron chi connectivity index (χ4n) is 3.32. The minimum atomic E-state index is -0.417. The predicted molar refractivity (Wildman–Crippen MR) is 75.7 cm³/mol. The lowest BCUT2D eigenvalue weighted by Crippen LogP contribution is -2.47. The van der Waals surface area contributed by atoms with Gasteiger partial charge in [-0.1, -0.05) is 26.2 Å². The van der Waals surface area contributed by atoms with Gasteiger partial charge in [0.15, 0.2) is 0 Å². The molecule has 106 valence electrons. The fourth-order valence-corrected chi connectivity index (χ4v) is 3.32. The van der Waals surface area contributed by atoms with Crippen molar-refractivity contribution in [3.05, 3.63) is 0 Å². The molecule has 1 saturated heterocycles. The summed E-state index contributed by atoms with van der Waals surface area (Å²) in [4.78, 5) is 2.41. The van der Waals surface area contributed by atoms with Gasteiger partial charge in [0.1, 0.15) is 0 Å². The van der Waals surface area contributed by atoms with Crippen LogP contribution in [0.25, 0.3) is 0 Å². The zero-order valence-corrected chi connectivity index (χ0v) is 12.2. The topological polar surface area (TPSA) is 35.5 Å². The van der Waals surface area contributed by atoms with Crippen molar-refractivity contribution in [2.24, 2.45) is 5.41 Å². The molecular weight excluding hydrogens is 224 g/mol. The van der Waals surface area contributed by atoms with Crippen LogP contribution in [0, 0.1) is 5.41 Å². The molecule has 1 heterocycles. The molecule has 0 aromatic rings. The highest BCUT2D eigenvalue weighted by Crippen LogP contribution is 2.31. The van der Waals surface area contributed by atoms with Crippen molar-refractivity contribution in [1.82, 2.24) is 10.2 Å². The van der Waals surface area contributed by atoms with Crippen molar-refractivity contribution in [3.63, 3.8) is 0 Å². The normalized spacial score (nSPS) is 28.2. The van der Waals surface area contributed by atoms with Gasteiger partial charge in [0.2, 0.25) is 0 Å². The van der Waals surface area contributed by atoms with Crippen molar-refractivity contribution < 1.29 is 5.11 Å². The van der Waals surface area contributed by atoms with Gasteiger partial charge >= 0.3 is 0 Å². The van der Waals surface area contributed by atoms with E-state index in [-0.39, 0.29) is 0 Å². The predicted octanol–water partition coefficient (Wildman–Crippen LogP) is 2.00. The Labute approximate surface area is 112 Å². The van der Waals surface area contributed by atoms with Gasteiger partial charge in [-0.2, -0.15) is 0 Å². The van der Waals surface area contributed by atoms with Crippen molar-refractivity contribution >= 4 is 0 Å². The molecule has 0 radical (unpaired) electrons. The SMILES string of the molecule is CN1CCC(C)(CNCC2(O)CCCCC2)CC1. The van der Waals surface area contributed by atoms with Gasteiger partial charge in [-0.05, 0) is 51.2 Å². The minimum absolute atomic E-state index is 0.417. The smallest absolute Gasteiger partial charge is 0.0771 e. The first kappa shape index (κ1) is 14.3. The molecule has 1 aliphatic heterocycles. The van der Waals surface area contributed by atoms with E-state index in [2.05, 4.69) is 24.2 Å². The van der Waals surface area contributed by atoms with E-state index in [4.69, 9.17) is 0 Å². The Bertz CT molecular complexity index is 253. The Hall–Kier alpha value is -0.120. The summed E-state index contributed by atoms with van der Waals surface area (Å²) in [7, 11) is 2.21. The monoisotopic (exact) mass is 254 g/mol. The average molecular weight is 254 g/mol. The standard InChI is InChI=1S/C15H30N2O/c1-14(8-10-17(2)11-9-14)12-16-13-15(18)6-4-3-5-7-15/h16,18H,3-13H2,1-2H3. The van der Waals surface area contributed by atoms with Crippen LogP contribution in [0.2, 0.25) is 0 Å². The highest BCUT2D eigenvalue weighted by molar-refractivity contribution is 4.88. The number of piperidine rings is 1. The molecule has 3 heteroatoms. The third-order valence-corrected chi connectivity index (χ3v) is 4.98. The fraction of sp³-hybridized carbons (Fsp3) is 1.00. The summed E-state index contributed by atoms with van der Waals surface area (Å²) >= 11 is 0. The number of rotatable bonds is 4. The molecule has 0 atom stereocenters. The molecule has 2 aliphatic rings. The molecule has 2 fully saturated rings. The Morgan fingerprint density at radius 2 is 1.61 bits per heavy atom. The first-order valence-electron chi connectivity index (χ1n) is 7.63. The number of likely N-dealkylation sites (tertiary alicyclic amines) is 1. The number of nitrogens with zero attached hydrogens (tertiary/aromatic N) is 1. The van der Waals surface area contributed by atoms with E-state index in [1.807, 2.05) is 0 Å². The number of aliphatic hydroxyl groups is 1. The lowest BCUT2D eigenvalue weighted by molar-refractivity contribution is 0.00155. The molecule has 2 rings (SSSR count). The molecule has 3 nitrogen and oxygen atoms in total. The maximum absolute atomic E-state index is 10.5. The first-order valence-corrected chi connectivity index (χ1v) is 7.63. The largest absolute Gasteiger partial charge is 0.389 e. The summed E-state index contributed by atoms with van der Waals surface area (Å²) in [6.45, 7) is 6.66. The summed E-state index contributed by atoms with van der Waals surface area (Å²) in [5.74, 6) is 0. The molecule has 1 aliphatic carbocycles. The molecule has 0 aromatic carbocycles. The lowest BCUT2D eigenvalue weighted by atomic mass is 9.80. The second-order valence-electron chi connectivity index (χ2n) is 7.00. The molecule has 18 heavy (non-hydrogen) atoms. The van der Waals surface area contributed by atoms with Crippen LogP contribution in [-0.2, 0) is 0 Å². The first-order chi connectivity index (χ1) is 8.52. The summed E-state index contributed by atoms with van der Waals surface area (Å²) in [5, 5.41) is 14.0. The summed E-state index contributed by atoms with van der Waals surface area (Å²) in [6.07, 6.45) is 8.20. The third-order valence-electron chi connectivity index (χ3n) is 4.98.